The summed E-state index contributed by atoms with van der Waals surface area (Å²) in [7, 11) is -0.834. The van der Waals surface area contributed by atoms with Crippen molar-refractivity contribution in [3.05, 3.63) is 29.6 Å². The molecule has 2 heterocycles. The number of carbonyl (C=O) groups is 2. The van der Waals surface area contributed by atoms with Crippen LogP contribution in [0.15, 0.2) is 18.2 Å². The van der Waals surface area contributed by atoms with E-state index in [9.17, 15) is 27.0 Å². The summed E-state index contributed by atoms with van der Waals surface area (Å²) in [5, 5.41) is 1.99. The van der Waals surface area contributed by atoms with Crippen LogP contribution in [0, 0.1) is 5.82 Å². The molecule has 0 aliphatic carbocycles. The Morgan fingerprint density at radius 2 is 2.04 bits per heavy atom. The van der Waals surface area contributed by atoms with Gasteiger partial charge in [-0.25, -0.2) is 9.18 Å². The van der Waals surface area contributed by atoms with Gasteiger partial charge in [-0.2, -0.15) is 8.78 Å². The monoisotopic (exact) mass is 404 g/mol. The number of hydrogen-bond donors (Lipinski definition) is 1. The molecule has 2 aliphatic rings. The summed E-state index contributed by atoms with van der Waals surface area (Å²) in [5.74, 6) is -0.785. The summed E-state index contributed by atoms with van der Waals surface area (Å²) >= 11 is 0. The van der Waals surface area contributed by atoms with Crippen LogP contribution in [0.1, 0.15) is 24.3 Å². The van der Waals surface area contributed by atoms with Crippen LogP contribution in [0.2, 0.25) is 0 Å². The van der Waals surface area contributed by atoms with Crippen LogP contribution < -0.4 is 10.2 Å². The molecule has 0 bridgehead atoms. The summed E-state index contributed by atoms with van der Waals surface area (Å²) in [6, 6.07) is 4.45. The molecule has 27 heavy (non-hydrogen) atoms. The molecule has 2 saturated heterocycles. The maximum Gasteiger partial charge on any atom is 0.414 e. The molecule has 1 aromatic carbocycles. The lowest BCUT2D eigenvalue weighted by atomic mass is 9.93. The highest BCUT2D eigenvalue weighted by molar-refractivity contribution is 7.85. The lowest BCUT2D eigenvalue weighted by molar-refractivity contribution is -0.132. The third-order valence-corrected chi connectivity index (χ3v) is 6.08. The van der Waals surface area contributed by atoms with Crippen LogP contribution in [0.4, 0.5) is 23.7 Å². The van der Waals surface area contributed by atoms with Crippen LogP contribution in [0.25, 0.3) is 0 Å². The standard InChI is InChI=1S/C17H19F3N2O4S/c18-14-7-11(1-2-13(14)10-3-5-27(25)6-4-10)22-9-12(26-17(22)24)8-21-16(23)15(19)20/h1-2,7,10,12,15H,3-6,8-9H2,(H,21,23)/t10?,12-,27?/m0/s1. The second-order valence-electron chi connectivity index (χ2n) is 6.49. The number of nitrogens with one attached hydrogen (secondary N) is 1. The van der Waals surface area contributed by atoms with Crippen LogP contribution in [0.5, 0.6) is 0 Å². The van der Waals surface area contributed by atoms with E-state index in [1.165, 1.54) is 11.0 Å². The van der Waals surface area contributed by atoms with Crippen molar-refractivity contribution < 1.29 is 31.7 Å². The number of benzene rings is 1. The highest BCUT2D eigenvalue weighted by atomic mass is 32.2. The summed E-state index contributed by atoms with van der Waals surface area (Å²) < 4.78 is 55.4. The van der Waals surface area contributed by atoms with Crippen molar-refractivity contribution in [3.63, 3.8) is 0 Å². The number of halogens is 3. The Balaban J connectivity index is 1.64. The van der Waals surface area contributed by atoms with E-state index in [1.54, 1.807) is 12.1 Å². The van der Waals surface area contributed by atoms with Gasteiger partial charge >= 0.3 is 12.5 Å². The Hall–Kier alpha value is -2.10. The molecular weight excluding hydrogens is 385 g/mol. The van der Waals surface area contributed by atoms with E-state index in [-0.39, 0.29) is 19.0 Å². The second kappa shape index (κ2) is 8.28. The number of hydrogen-bond acceptors (Lipinski definition) is 4. The average Bonchev–Trinajstić information content (AvgIpc) is 3.01. The molecular formula is C17H19F3N2O4S. The van der Waals surface area contributed by atoms with Gasteiger partial charge in [-0.05, 0) is 36.5 Å². The summed E-state index contributed by atoms with van der Waals surface area (Å²) in [6.07, 6.45) is -3.36. The first kappa shape index (κ1) is 19.7. The molecule has 0 spiro atoms. The van der Waals surface area contributed by atoms with Crippen molar-refractivity contribution >= 4 is 28.5 Å². The first-order valence-corrected chi connectivity index (χ1v) is 10.0. The summed E-state index contributed by atoms with van der Waals surface area (Å²) in [5.41, 5.74) is 0.826. The van der Waals surface area contributed by atoms with Crippen molar-refractivity contribution in [2.75, 3.05) is 29.5 Å². The SMILES string of the molecule is O=C(NC[C@H]1CN(c2ccc(C3CCS(=O)CC3)c(F)c2)C(=O)O1)C(F)F. The predicted octanol–water partition coefficient (Wildman–Crippen LogP) is 2.16. The van der Waals surface area contributed by atoms with Gasteiger partial charge < -0.3 is 10.1 Å². The molecule has 0 unspecified atom stereocenters. The van der Waals surface area contributed by atoms with Crippen molar-refractivity contribution in [3.8, 4) is 0 Å². The van der Waals surface area contributed by atoms with Crippen molar-refractivity contribution in [2.45, 2.75) is 31.3 Å². The quantitative estimate of drug-likeness (QED) is 0.816. The molecule has 148 valence electrons. The number of ether oxygens (including phenoxy) is 1. The number of cyclic esters (lactones) is 1. The number of alkyl halides is 2. The topological polar surface area (TPSA) is 75.7 Å². The molecule has 10 heteroatoms. The summed E-state index contributed by atoms with van der Waals surface area (Å²) in [6.45, 7) is -0.227. The predicted molar refractivity (Wildman–Crippen MR) is 92.9 cm³/mol. The van der Waals surface area contributed by atoms with Crippen molar-refractivity contribution in [1.29, 1.82) is 0 Å². The fourth-order valence-electron chi connectivity index (χ4n) is 3.25. The average molecular weight is 404 g/mol. The Bertz CT molecular complexity index is 752. The first-order valence-electron chi connectivity index (χ1n) is 8.53. The van der Waals surface area contributed by atoms with Crippen LogP contribution in [-0.2, 0) is 20.3 Å². The van der Waals surface area contributed by atoms with E-state index < -0.39 is 41.1 Å². The van der Waals surface area contributed by atoms with Gasteiger partial charge in [0.05, 0.1) is 18.8 Å². The second-order valence-corrected chi connectivity index (χ2v) is 8.19. The van der Waals surface area contributed by atoms with Gasteiger partial charge in [0.1, 0.15) is 11.9 Å². The molecule has 0 radical (unpaired) electrons. The molecule has 0 saturated carbocycles. The molecule has 0 aromatic heterocycles. The van der Waals surface area contributed by atoms with E-state index in [0.717, 1.165) is 0 Å². The maximum atomic E-state index is 14.6. The Kier molecular flexibility index (Phi) is 6.03. The minimum atomic E-state index is -3.14. The molecule has 1 atom stereocenters. The number of carbonyl (C=O) groups excluding carboxylic acids is 2. The zero-order valence-corrected chi connectivity index (χ0v) is 15.1. The van der Waals surface area contributed by atoms with Gasteiger partial charge in [0, 0.05) is 22.3 Å². The van der Waals surface area contributed by atoms with Gasteiger partial charge in [0.2, 0.25) is 0 Å². The molecule has 2 amide bonds. The number of amides is 2. The zero-order valence-electron chi connectivity index (χ0n) is 14.3. The van der Waals surface area contributed by atoms with Crippen LogP contribution >= 0.6 is 0 Å². The number of anilines is 1. The van der Waals surface area contributed by atoms with Crippen LogP contribution in [-0.4, -0.2) is 53.3 Å². The normalized spacial score (nSPS) is 25.6. The Labute approximate surface area is 156 Å². The molecule has 2 fully saturated rings. The van der Waals surface area contributed by atoms with Crippen molar-refractivity contribution in [2.24, 2.45) is 0 Å². The van der Waals surface area contributed by atoms with E-state index in [2.05, 4.69) is 0 Å². The molecule has 3 rings (SSSR count). The Morgan fingerprint density at radius 3 is 2.67 bits per heavy atom. The largest absolute Gasteiger partial charge is 0.442 e. The smallest absolute Gasteiger partial charge is 0.414 e. The number of nitrogens with zero attached hydrogens (tertiary/aromatic N) is 1. The minimum Gasteiger partial charge on any atom is -0.442 e. The zero-order chi connectivity index (χ0) is 19.6. The lowest BCUT2D eigenvalue weighted by Gasteiger charge is -2.23. The first-order chi connectivity index (χ1) is 12.8. The molecule has 6 nitrogen and oxygen atoms in total. The van der Waals surface area contributed by atoms with E-state index in [1.807, 2.05) is 5.32 Å². The third-order valence-electron chi connectivity index (χ3n) is 4.70. The molecule has 1 aromatic rings. The molecule has 1 N–H and O–H groups in total. The fraction of sp³-hybridized carbons (Fsp3) is 0.529. The summed E-state index contributed by atoms with van der Waals surface area (Å²) in [4.78, 5) is 24.1. The van der Waals surface area contributed by atoms with Crippen LogP contribution in [0.3, 0.4) is 0 Å². The van der Waals surface area contributed by atoms with Crippen molar-refractivity contribution in [1.82, 2.24) is 5.32 Å². The number of rotatable bonds is 5. The van der Waals surface area contributed by atoms with Gasteiger partial charge in [0.15, 0.2) is 0 Å². The minimum absolute atomic E-state index is 0.000382. The van der Waals surface area contributed by atoms with E-state index in [0.29, 0.717) is 35.6 Å². The Morgan fingerprint density at radius 1 is 1.33 bits per heavy atom. The highest BCUT2D eigenvalue weighted by Crippen LogP contribution is 2.32. The maximum absolute atomic E-state index is 14.6. The molecule has 2 aliphatic heterocycles. The fourth-order valence-corrected chi connectivity index (χ4v) is 4.55. The third kappa shape index (κ3) is 4.60. The highest BCUT2D eigenvalue weighted by Gasteiger charge is 2.33. The van der Waals surface area contributed by atoms with E-state index in [4.69, 9.17) is 4.74 Å². The van der Waals surface area contributed by atoms with Gasteiger partial charge in [-0.3, -0.25) is 13.9 Å². The van der Waals surface area contributed by atoms with Gasteiger partial charge in [0.25, 0.3) is 5.91 Å². The van der Waals surface area contributed by atoms with E-state index >= 15 is 0 Å². The van der Waals surface area contributed by atoms with Gasteiger partial charge in [-0.15, -0.1) is 0 Å². The lowest BCUT2D eigenvalue weighted by Crippen LogP contribution is -2.37. The van der Waals surface area contributed by atoms with Gasteiger partial charge in [-0.1, -0.05) is 6.07 Å².